The quantitative estimate of drug-likeness (QED) is 0.534. The van der Waals surface area contributed by atoms with Crippen LogP contribution in [0.25, 0.3) is 0 Å². The summed E-state index contributed by atoms with van der Waals surface area (Å²) in [7, 11) is 0. The number of ether oxygens (including phenoxy) is 2. The van der Waals surface area contributed by atoms with Crippen molar-refractivity contribution in [1.82, 2.24) is 0 Å². The van der Waals surface area contributed by atoms with Crippen molar-refractivity contribution in [2.24, 2.45) is 5.92 Å². The topological polar surface area (TPSA) is 52.6 Å². The van der Waals surface area contributed by atoms with E-state index in [1.54, 1.807) is 0 Å². The maximum absolute atomic E-state index is 11.6. The van der Waals surface area contributed by atoms with Crippen LogP contribution < -0.4 is 0 Å². The van der Waals surface area contributed by atoms with E-state index in [9.17, 15) is 9.59 Å². The number of hydrogen-bond donors (Lipinski definition) is 0. The molecule has 1 atom stereocenters. The fraction of sp³-hybridized carbons (Fsp3) is 0.750. The SMILES string of the molecule is CC(C)(C)OC(=O)CC1[CH+]CC(=O)OCC1. The van der Waals surface area contributed by atoms with Crippen molar-refractivity contribution in [1.29, 1.82) is 0 Å². The zero-order chi connectivity index (χ0) is 12.2. The van der Waals surface area contributed by atoms with Crippen LogP contribution in [-0.4, -0.2) is 24.1 Å². The summed E-state index contributed by atoms with van der Waals surface area (Å²) in [4.78, 5) is 22.5. The zero-order valence-corrected chi connectivity index (χ0v) is 10.1. The average Bonchev–Trinajstić information content (AvgIpc) is 2.27. The molecule has 0 aromatic carbocycles. The van der Waals surface area contributed by atoms with Gasteiger partial charge in [-0.1, -0.05) is 0 Å². The zero-order valence-electron chi connectivity index (χ0n) is 10.1. The summed E-state index contributed by atoms with van der Waals surface area (Å²) in [5.41, 5.74) is -0.450. The monoisotopic (exact) mass is 227 g/mol. The molecule has 1 fully saturated rings. The van der Waals surface area contributed by atoms with E-state index in [2.05, 4.69) is 0 Å². The molecule has 0 aliphatic carbocycles. The summed E-state index contributed by atoms with van der Waals surface area (Å²) in [5.74, 6) is -0.351. The molecule has 0 amide bonds. The molecule has 1 rings (SSSR count). The highest BCUT2D eigenvalue weighted by Gasteiger charge is 2.29. The first-order chi connectivity index (χ1) is 7.37. The fourth-order valence-electron chi connectivity index (χ4n) is 1.55. The van der Waals surface area contributed by atoms with E-state index in [1.807, 2.05) is 27.2 Å². The Hall–Kier alpha value is -1.19. The molecule has 1 aliphatic rings. The fourth-order valence-corrected chi connectivity index (χ4v) is 1.55. The van der Waals surface area contributed by atoms with Gasteiger partial charge in [0.15, 0.2) is 6.42 Å². The lowest BCUT2D eigenvalue weighted by atomic mass is 9.97. The third kappa shape index (κ3) is 5.05. The number of hydrogen-bond acceptors (Lipinski definition) is 4. The molecule has 4 nitrogen and oxygen atoms in total. The van der Waals surface area contributed by atoms with Gasteiger partial charge in [0.25, 0.3) is 0 Å². The highest BCUT2D eigenvalue weighted by Crippen LogP contribution is 2.20. The first kappa shape index (κ1) is 12.9. The highest BCUT2D eigenvalue weighted by molar-refractivity contribution is 5.72. The largest absolute Gasteiger partial charge is 0.462 e. The third-order valence-electron chi connectivity index (χ3n) is 2.22. The lowest BCUT2D eigenvalue weighted by Crippen LogP contribution is -2.25. The number of carbonyl (C=O) groups is 2. The highest BCUT2D eigenvalue weighted by atomic mass is 16.6. The Morgan fingerprint density at radius 2 is 2.25 bits per heavy atom. The first-order valence-corrected chi connectivity index (χ1v) is 5.57. The number of esters is 2. The van der Waals surface area contributed by atoms with Crippen molar-refractivity contribution >= 4 is 11.9 Å². The molecule has 1 unspecified atom stereocenters. The Labute approximate surface area is 96.3 Å². The van der Waals surface area contributed by atoms with Crippen molar-refractivity contribution < 1.29 is 19.1 Å². The molecule has 4 heteroatoms. The van der Waals surface area contributed by atoms with E-state index >= 15 is 0 Å². The number of rotatable bonds is 2. The van der Waals surface area contributed by atoms with Crippen LogP contribution in [-0.2, 0) is 19.1 Å². The summed E-state index contributed by atoms with van der Waals surface area (Å²) in [5, 5.41) is 0. The minimum absolute atomic E-state index is 0.0845. The van der Waals surface area contributed by atoms with Crippen molar-refractivity contribution in [3.05, 3.63) is 6.42 Å². The van der Waals surface area contributed by atoms with Crippen LogP contribution in [0.5, 0.6) is 0 Å². The molecule has 90 valence electrons. The molecule has 1 saturated heterocycles. The van der Waals surface area contributed by atoms with Gasteiger partial charge in [-0.05, 0) is 20.8 Å². The van der Waals surface area contributed by atoms with Gasteiger partial charge in [-0.15, -0.1) is 0 Å². The van der Waals surface area contributed by atoms with Gasteiger partial charge in [-0.25, -0.2) is 4.79 Å². The Kier molecular flexibility index (Phi) is 4.21. The first-order valence-electron chi connectivity index (χ1n) is 5.57. The molecule has 0 aromatic rings. The average molecular weight is 227 g/mol. The van der Waals surface area contributed by atoms with Crippen LogP contribution in [0.3, 0.4) is 0 Å². The van der Waals surface area contributed by atoms with Gasteiger partial charge in [0.05, 0.1) is 19.4 Å². The van der Waals surface area contributed by atoms with Crippen molar-refractivity contribution in [3.8, 4) is 0 Å². The summed E-state index contributed by atoms with van der Waals surface area (Å²) in [6.45, 7) is 5.92. The Morgan fingerprint density at radius 3 is 2.88 bits per heavy atom. The molecule has 16 heavy (non-hydrogen) atoms. The Bertz CT molecular complexity index is 265. The molecule has 1 aliphatic heterocycles. The molecule has 0 radical (unpaired) electrons. The second-order valence-electron chi connectivity index (χ2n) is 5.00. The number of cyclic esters (lactones) is 1. The van der Waals surface area contributed by atoms with Crippen LogP contribution >= 0.6 is 0 Å². The minimum atomic E-state index is -0.450. The van der Waals surface area contributed by atoms with E-state index in [0.29, 0.717) is 19.4 Å². The van der Waals surface area contributed by atoms with Gasteiger partial charge < -0.3 is 9.47 Å². The normalized spacial score (nSPS) is 21.7. The van der Waals surface area contributed by atoms with Gasteiger partial charge in [0.1, 0.15) is 11.5 Å². The van der Waals surface area contributed by atoms with E-state index in [0.717, 1.165) is 0 Å². The van der Waals surface area contributed by atoms with Crippen LogP contribution in [0.15, 0.2) is 0 Å². The molecule has 0 spiro atoms. The number of carbonyl (C=O) groups excluding carboxylic acids is 2. The van der Waals surface area contributed by atoms with Crippen molar-refractivity contribution in [2.75, 3.05) is 6.61 Å². The van der Waals surface area contributed by atoms with Crippen molar-refractivity contribution in [2.45, 2.75) is 45.6 Å². The van der Waals surface area contributed by atoms with Gasteiger partial charge in [-0.2, -0.15) is 0 Å². The van der Waals surface area contributed by atoms with Gasteiger partial charge in [0, 0.05) is 6.42 Å². The van der Waals surface area contributed by atoms with Crippen LogP contribution in [0, 0.1) is 12.3 Å². The van der Waals surface area contributed by atoms with Crippen molar-refractivity contribution in [3.63, 3.8) is 0 Å². The maximum Gasteiger partial charge on any atom is 0.351 e. The van der Waals surface area contributed by atoms with Gasteiger partial charge in [0.2, 0.25) is 0 Å². The smallest absolute Gasteiger partial charge is 0.351 e. The molecular weight excluding hydrogens is 208 g/mol. The van der Waals surface area contributed by atoms with E-state index in [-0.39, 0.29) is 24.3 Å². The molecule has 0 aromatic heterocycles. The van der Waals surface area contributed by atoms with E-state index in [1.165, 1.54) is 0 Å². The molecule has 0 saturated carbocycles. The van der Waals surface area contributed by atoms with Crippen LogP contribution in [0.1, 0.15) is 40.0 Å². The molecular formula is C12H19O4+. The predicted octanol–water partition coefficient (Wildman–Crippen LogP) is 1.88. The summed E-state index contributed by atoms with van der Waals surface area (Å²) in [6.07, 6.45) is 3.16. The Morgan fingerprint density at radius 1 is 1.56 bits per heavy atom. The standard InChI is InChI=1S/C12H19O4/c1-12(2,3)16-11(14)8-9-4-5-10(13)15-7-6-9/h4,9H,5-8H2,1-3H3/q+1. The summed E-state index contributed by atoms with van der Waals surface area (Å²) < 4.78 is 10.1. The predicted molar refractivity (Wildman–Crippen MR) is 58.4 cm³/mol. The van der Waals surface area contributed by atoms with E-state index < -0.39 is 5.60 Å². The summed E-state index contributed by atoms with van der Waals surface area (Å²) in [6, 6.07) is 0. The van der Waals surface area contributed by atoms with Crippen LogP contribution in [0.4, 0.5) is 0 Å². The molecule has 1 heterocycles. The van der Waals surface area contributed by atoms with Crippen LogP contribution in [0.2, 0.25) is 0 Å². The lowest BCUT2D eigenvalue weighted by Gasteiger charge is -2.19. The minimum Gasteiger partial charge on any atom is -0.462 e. The van der Waals surface area contributed by atoms with Gasteiger partial charge >= 0.3 is 11.9 Å². The third-order valence-corrected chi connectivity index (χ3v) is 2.22. The maximum atomic E-state index is 11.6. The van der Waals surface area contributed by atoms with E-state index in [4.69, 9.17) is 9.47 Å². The second-order valence-corrected chi connectivity index (χ2v) is 5.00. The second kappa shape index (κ2) is 5.23. The molecule has 0 bridgehead atoms. The Balaban J connectivity index is 2.36. The lowest BCUT2D eigenvalue weighted by molar-refractivity contribution is -0.155. The molecule has 0 N–H and O–H groups in total. The van der Waals surface area contributed by atoms with Gasteiger partial charge in [-0.3, -0.25) is 4.79 Å². The summed E-state index contributed by atoms with van der Waals surface area (Å²) >= 11 is 0.